The minimum atomic E-state index is -2.17. The number of rotatable bonds is 12. The van der Waals surface area contributed by atoms with E-state index in [0.717, 1.165) is 25.2 Å². The van der Waals surface area contributed by atoms with Crippen LogP contribution in [0.25, 0.3) is 0 Å². The summed E-state index contributed by atoms with van der Waals surface area (Å²) in [4.78, 5) is 0. The average Bonchev–Trinajstić information content (AvgIpc) is 2.39. The fourth-order valence-electron chi connectivity index (χ4n) is 2.85. The Morgan fingerprint density at radius 2 is 1.21 bits per heavy atom. The van der Waals surface area contributed by atoms with Crippen molar-refractivity contribution >= 4 is 7.14 Å². The van der Waals surface area contributed by atoms with Crippen LogP contribution in [0.3, 0.4) is 0 Å². The predicted molar refractivity (Wildman–Crippen MR) is 89.3 cm³/mol. The van der Waals surface area contributed by atoms with Gasteiger partial charge in [0.05, 0.1) is 7.14 Å². The topological polar surface area (TPSA) is 17.1 Å². The first kappa shape index (κ1) is 19.2. The Morgan fingerprint density at radius 1 is 0.842 bits per heavy atom. The lowest BCUT2D eigenvalue weighted by Crippen LogP contribution is -2.11. The smallest absolute Gasteiger partial charge is 0.0887 e. The molecule has 0 aromatic rings. The largest absolute Gasteiger partial charge is 0.324 e. The van der Waals surface area contributed by atoms with Crippen LogP contribution in [0.5, 0.6) is 0 Å². The molecule has 2 heteroatoms. The first-order valence-electron chi connectivity index (χ1n) is 8.41. The van der Waals surface area contributed by atoms with Crippen LogP contribution in [0, 0.1) is 18.5 Å². The van der Waals surface area contributed by atoms with Gasteiger partial charge < -0.3 is 4.57 Å². The second-order valence-electron chi connectivity index (χ2n) is 6.26. The monoisotopic (exact) mass is 287 g/mol. The van der Waals surface area contributed by atoms with E-state index in [2.05, 4.69) is 34.4 Å². The summed E-state index contributed by atoms with van der Waals surface area (Å²) < 4.78 is 12.8. The van der Waals surface area contributed by atoms with E-state index in [1.807, 2.05) is 0 Å². The van der Waals surface area contributed by atoms with Crippen molar-refractivity contribution in [2.75, 3.05) is 12.3 Å². The molecule has 19 heavy (non-hydrogen) atoms. The van der Waals surface area contributed by atoms with E-state index in [4.69, 9.17) is 0 Å². The van der Waals surface area contributed by atoms with E-state index >= 15 is 0 Å². The second kappa shape index (κ2) is 11.0. The number of unbranched alkanes of at least 4 members (excludes halogenated alkanes) is 2. The lowest BCUT2D eigenvalue weighted by molar-refractivity contribution is 0.466. The maximum absolute atomic E-state index is 12.8. The Hall–Kier alpha value is 0.230. The fraction of sp³-hybridized carbons (Fsp3) is 0.941. The highest BCUT2D eigenvalue weighted by Crippen LogP contribution is 2.49. The quantitative estimate of drug-likeness (QED) is 0.371. The van der Waals surface area contributed by atoms with Gasteiger partial charge in [0.2, 0.25) is 0 Å². The molecule has 1 radical (unpaired) electrons. The lowest BCUT2D eigenvalue weighted by Gasteiger charge is -2.24. The predicted octanol–water partition coefficient (Wildman–Crippen LogP) is 6.57. The van der Waals surface area contributed by atoms with Gasteiger partial charge in [0.15, 0.2) is 0 Å². The molecule has 0 saturated carbocycles. The summed E-state index contributed by atoms with van der Waals surface area (Å²) >= 11 is 0. The van der Waals surface area contributed by atoms with E-state index in [1.165, 1.54) is 38.5 Å². The van der Waals surface area contributed by atoms with Gasteiger partial charge in [-0.1, -0.05) is 79.1 Å². The molecule has 0 N–H and O–H groups in total. The van der Waals surface area contributed by atoms with Gasteiger partial charge >= 0.3 is 0 Å². The van der Waals surface area contributed by atoms with Gasteiger partial charge in [-0.15, -0.1) is 0 Å². The van der Waals surface area contributed by atoms with Crippen LogP contribution in [0.2, 0.25) is 0 Å². The van der Waals surface area contributed by atoms with Gasteiger partial charge in [0.25, 0.3) is 0 Å². The zero-order valence-corrected chi connectivity index (χ0v) is 14.7. The van der Waals surface area contributed by atoms with E-state index in [-0.39, 0.29) is 0 Å². The molecule has 0 rings (SSSR count). The first-order valence-corrected chi connectivity index (χ1v) is 10.7. The van der Waals surface area contributed by atoms with Crippen molar-refractivity contribution in [3.8, 4) is 0 Å². The van der Waals surface area contributed by atoms with Crippen LogP contribution in [0.15, 0.2) is 0 Å². The molecular formula is C17H36OP. The minimum Gasteiger partial charge on any atom is -0.324 e. The third-order valence-corrected chi connectivity index (χ3v) is 6.63. The van der Waals surface area contributed by atoms with Crippen LogP contribution in [-0.2, 0) is 4.57 Å². The summed E-state index contributed by atoms with van der Waals surface area (Å²) in [6.07, 6.45) is 11.6. The van der Waals surface area contributed by atoms with Crippen molar-refractivity contribution in [2.45, 2.75) is 79.1 Å². The molecule has 0 saturated heterocycles. The van der Waals surface area contributed by atoms with Crippen LogP contribution >= 0.6 is 7.14 Å². The van der Waals surface area contributed by atoms with Crippen molar-refractivity contribution in [3.05, 3.63) is 6.66 Å². The highest BCUT2D eigenvalue weighted by Gasteiger charge is 2.24. The van der Waals surface area contributed by atoms with Crippen LogP contribution in [-0.4, -0.2) is 12.3 Å². The molecule has 2 unspecified atom stereocenters. The molecule has 0 fully saturated rings. The molecule has 115 valence electrons. The Morgan fingerprint density at radius 3 is 1.47 bits per heavy atom. The highest BCUT2D eigenvalue weighted by atomic mass is 31.2. The molecule has 0 aliphatic rings. The molecule has 0 heterocycles. The molecule has 0 spiro atoms. The molecule has 0 aromatic carbocycles. The molecule has 0 aliphatic carbocycles. The summed E-state index contributed by atoms with van der Waals surface area (Å²) in [5.74, 6) is 1.26. The van der Waals surface area contributed by atoms with Crippen LogP contribution < -0.4 is 0 Å². The average molecular weight is 287 g/mol. The Bertz CT molecular complexity index is 228. The Labute approximate surface area is 122 Å². The van der Waals surface area contributed by atoms with E-state index in [9.17, 15) is 4.57 Å². The molecule has 0 bridgehead atoms. The highest BCUT2D eigenvalue weighted by molar-refractivity contribution is 7.65. The summed E-state index contributed by atoms with van der Waals surface area (Å²) in [7, 11) is -2.17. The van der Waals surface area contributed by atoms with E-state index in [0.29, 0.717) is 11.8 Å². The third-order valence-electron chi connectivity index (χ3n) is 4.27. The third kappa shape index (κ3) is 9.72. The number of hydrogen-bond acceptors (Lipinski definition) is 1. The van der Waals surface area contributed by atoms with Crippen molar-refractivity contribution in [1.82, 2.24) is 0 Å². The maximum Gasteiger partial charge on any atom is 0.0887 e. The maximum atomic E-state index is 12.8. The van der Waals surface area contributed by atoms with Crippen molar-refractivity contribution in [2.24, 2.45) is 11.8 Å². The summed E-state index contributed by atoms with van der Waals surface area (Å²) in [6.45, 7) is 13.0. The van der Waals surface area contributed by atoms with Crippen molar-refractivity contribution in [1.29, 1.82) is 0 Å². The molecule has 0 amide bonds. The summed E-state index contributed by atoms with van der Waals surface area (Å²) in [6, 6.07) is 0. The Balaban J connectivity index is 4.29. The van der Waals surface area contributed by atoms with E-state index in [1.54, 1.807) is 0 Å². The molecular weight excluding hydrogens is 251 g/mol. The van der Waals surface area contributed by atoms with Gasteiger partial charge in [-0.3, -0.25) is 0 Å². The second-order valence-corrected chi connectivity index (χ2v) is 9.10. The van der Waals surface area contributed by atoms with Gasteiger partial charge in [-0.2, -0.15) is 0 Å². The van der Waals surface area contributed by atoms with Gasteiger partial charge in [-0.05, 0) is 11.8 Å². The number of hydrogen-bond donors (Lipinski definition) is 0. The van der Waals surface area contributed by atoms with Crippen molar-refractivity contribution < 1.29 is 4.57 Å². The summed E-state index contributed by atoms with van der Waals surface area (Å²) in [5, 5.41) is 0. The van der Waals surface area contributed by atoms with Crippen molar-refractivity contribution in [3.63, 3.8) is 0 Å². The zero-order valence-electron chi connectivity index (χ0n) is 13.8. The zero-order chi connectivity index (χ0) is 14.7. The van der Waals surface area contributed by atoms with Gasteiger partial charge in [0, 0.05) is 19.0 Å². The molecule has 0 aliphatic heterocycles. The molecule has 2 atom stereocenters. The molecule has 1 nitrogen and oxygen atoms in total. The van der Waals surface area contributed by atoms with Gasteiger partial charge in [-0.25, -0.2) is 0 Å². The summed E-state index contributed by atoms with van der Waals surface area (Å²) in [5.41, 5.74) is 0. The van der Waals surface area contributed by atoms with Crippen LogP contribution in [0.4, 0.5) is 0 Å². The van der Waals surface area contributed by atoms with Gasteiger partial charge in [0.1, 0.15) is 0 Å². The first-order chi connectivity index (χ1) is 8.99. The standard InChI is InChI=1S/C17H36OP/c1-6-10-12-16(8-3)14-19(5,18)15-17(9-4)13-11-7-2/h16-17H,5-15H2,1-4H3. The lowest BCUT2D eigenvalue weighted by atomic mass is 10.0. The fourth-order valence-corrected chi connectivity index (χ4v) is 5.76. The van der Waals surface area contributed by atoms with Crippen LogP contribution in [0.1, 0.15) is 79.1 Å². The van der Waals surface area contributed by atoms with E-state index < -0.39 is 7.14 Å². The minimum absolute atomic E-state index is 0.631. The Kier molecular flexibility index (Phi) is 11.1. The molecule has 0 aromatic heterocycles. The normalized spacial score (nSPS) is 17.9. The SMILES string of the molecule is [CH2]P(=O)(CC(CC)CCCC)CC(CC)CCCC.